The van der Waals surface area contributed by atoms with E-state index >= 15 is 0 Å². The molecule has 0 spiro atoms. The summed E-state index contributed by atoms with van der Waals surface area (Å²) in [6.45, 7) is 2.51. The number of aromatic nitrogens is 1. The van der Waals surface area contributed by atoms with E-state index in [4.69, 9.17) is 5.73 Å². The lowest BCUT2D eigenvalue weighted by atomic mass is 10.1. The van der Waals surface area contributed by atoms with Gasteiger partial charge in [0.15, 0.2) is 0 Å². The summed E-state index contributed by atoms with van der Waals surface area (Å²) in [7, 11) is 0. The molecule has 0 saturated heterocycles. The highest BCUT2D eigenvalue weighted by Gasteiger charge is 2.14. The fraction of sp³-hybridized carbons (Fsp3) is 0.286. The van der Waals surface area contributed by atoms with Gasteiger partial charge in [0, 0.05) is 11.8 Å². The van der Waals surface area contributed by atoms with Gasteiger partial charge in [-0.1, -0.05) is 30.3 Å². The first kappa shape index (κ1) is 13.7. The third-order valence-electron chi connectivity index (χ3n) is 2.79. The third kappa shape index (κ3) is 3.62. The number of thiazole rings is 1. The molecule has 0 aliphatic heterocycles. The lowest BCUT2D eigenvalue weighted by Gasteiger charge is -2.13. The van der Waals surface area contributed by atoms with Crippen molar-refractivity contribution in [3.63, 3.8) is 0 Å². The minimum Gasteiger partial charge on any atom is -0.344 e. The highest BCUT2D eigenvalue weighted by Crippen LogP contribution is 2.14. The van der Waals surface area contributed by atoms with Gasteiger partial charge in [0.2, 0.25) is 0 Å². The van der Waals surface area contributed by atoms with Crippen LogP contribution in [0, 0.1) is 0 Å². The molecule has 0 radical (unpaired) electrons. The Bertz CT molecular complexity index is 539. The molecule has 1 aromatic heterocycles. The minimum atomic E-state index is -0.143. The highest BCUT2D eigenvalue weighted by atomic mass is 32.1. The molecule has 1 amide bonds. The second-order valence-electron chi connectivity index (χ2n) is 4.27. The number of nitrogens with two attached hydrogens (primary N) is 1. The van der Waals surface area contributed by atoms with Crippen molar-refractivity contribution < 1.29 is 4.79 Å². The summed E-state index contributed by atoms with van der Waals surface area (Å²) in [6, 6.07) is 9.82. The number of nitrogens with one attached hydrogen (secondary N) is 1. The fourth-order valence-corrected chi connectivity index (χ4v) is 2.54. The van der Waals surface area contributed by atoms with Crippen molar-refractivity contribution in [1.29, 1.82) is 0 Å². The molecule has 5 heteroatoms. The van der Waals surface area contributed by atoms with Gasteiger partial charge in [-0.15, -0.1) is 11.3 Å². The van der Waals surface area contributed by atoms with E-state index in [-0.39, 0.29) is 11.9 Å². The van der Waals surface area contributed by atoms with Crippen LogP contribution in [0.1, 0.15) is 34.0 Å². The smallest absolute Gasteiger partial charge is 0.271 e. The van der Waals surface area contributed by atoms with Crippen molar-refractivity contribution in [2.24, 2.45) is 5.73 Å². The Balaban J connectivity index is 2.00. The maximum absolute atomic E-state index is 12.0. The van der Waals surface area contributed by atoms with E-state index < -0.39 is 0 Å². The molecular formula is C14H17N3OS. The quantitative estimate of drug-likeness (QED) is 0.878. The number of benzene rings is 1. The maximum atomic E-state index is 12.0. The van der Waals surface area contributed by atoms with Crippen LogP contribution in [0.25, 0.3) is 0 Å². The van der Waals surface area contributed by atoms with Crippen LogP contribution in [0.15, 0.2) is 35.7 Å². The van der Waals surface area contributed by atoms with Crippen molar-refractivity contribution in [2.45, 2.75) is 19.4 Å². The second kappa shape index (κ2) is 6.45. The first-order valence-electron chi connectivity index (χ1n) is 6.21. The number of hydrogen-bond acceptors (Lipinski definition) is 4. The Morgan fingerprint density at radius 1 is 1.42 bits per heavy atom. The zero-order valence-corrected chi connectivity index (χ0v) is 11.6. The monoisotopic (exact) mass is 275 g/mol. The summed E-state index contributed by atoms with van der Waals surface area (Å²) in [5.74, 6) is -0.143. The maximum Gasteiger partial charge on any atom is 0.271 e. The van der Waals surface area contributed by atoms with Crippen molar-refractivity contribution in [1.82, 2.24) is 10.3 Å². The van der Waals surface area contributed by atoms with Crippen LogP contribution in [0.3, 0.4) is 0 Å². The third-order valence-corrected chi connectivity index (χ3v) is 3.70. The molecule has 0 bridgehead atoms. The van der Waals surface area contributed by atoms with E-state index in [2.05, 4.69) is 10.3 Å². The van der Waals surface area contributed by atoms with E-state index in [0.29, 0.717) is 18.7 Å². The first-order chi connectivity index (χ1) is 9.20. The number of carbonyl (C=O) groups is 1. The molecule has 2 rings (SSSR count). The highest BCUT2D eigenvalue weighted by molar-refractivity contribution is 7.09. The lowest BCUT2D eigenvalue weighted by Crippen LogP contribution is -2.26. The Hall–Kier alpha value is -1.72. The standard InChI is InChI=1S/C14H17N3OS/c1-10(11-5-3-2-4-6-11)16-14(18)12-9-19-13(17-12)7-8-15/h2-6,9-10H,7-8,15H2,1H3,(H,16,18)/t10-/m1/s1. The summed E-state index contributed by atoms with van der Waals surface area (Å²) in [6.07, 6.45) is 0.714. The molecule has 0 saturated carbocycles. The topological polar surface area (TPSA) is 68.0 Å². The van der Waals surface area contributed by atoms with Crippen LogP contribution in [-0.4, -0.2) is 17.4 Å². The zero-order chi connectivity index (χ0) is 13.7. The van der Waals surface area contributed by atoms with Gasteiger partial charge in [-0.25, -0.2) is 4.98 Å². The predicted octanol–water partition coefficient (Wildman–Crippen LogP) is 2.14. The molecule has 0 aliphatic carbocycles. The average molecular weight is 275 g/mol. The summed E-state index contributed by atoms with van der Waals surface area (Å²) in [4.78, 5) is 16.3. The predicted molar refractivity (Wildman–Crippen MR) is 77.2 cm³/mol. The molecule has 0 aliphatic rings. The van der Waals surface area contributed by atoms with Crippen molar-refractivity contribution in [3.8, 4) is 0 Å². The van der Waals surface area contributed by atoms with E-state index in [1.54, 1.807) is 5.38 Å². The van der Waals surface area contributed by atoms with Gasteiger partial charge in [-0.05, 0) is 19.0 Å². The normalized spacial score (nSPS) is 12.1. The molecule has 0 unspecified atom stereocenters. The van der Waals surface area contributed by atoms with Crippen LogP contribution < -0.4 is 11.1 Å². The number of nitrogens with zero attached hydrogens (tertiary/aromatic N) is 1. The van der Waals surface area contributed by atoms with Gasteiger partial charge in [0.1, 0.15) is 5.69 Å². The van der Waals surface area contributed by atoms with Gasteiger partial charge in [0.25, 0.3) is 5.91 Å². The molecule has 0 fully saturated rings. The Morgan fingerprint density at radius 2 is 2.16 bits per heavy atom. The molecule has 3 N–H and O–H groups in total. The van der Waals surface area contributed by atoms with Gasteiger partial charge in [-0.3, -0.25) is 4.79 Å². The molecule has 4 nitrogen and oxygen atoms in total. The largest absolute Gasteiger partial charge is 0.344 e. The summed E-state index contributed by atoms with van der Waals surface area (Å²) in [5.41, 5.74) is 7.01. The summed E-state index contributed by atoms with van der Waals surface area (Å²) in [5, 5.41) is 5.62. The average Bonchev–Trinajstić information content (AvgIpc) is 2.89. The van der Waals surface area contributed by atoms with Crippen LogP contribution in [-0.2, 0) is 6.42 Å². The van der Waals surface area contributed by atoms with E-state index in [1.165, 1.54) is 11.3 Å². The van der Waals surface area contributed by atoms with Crippen molar-refractivity contribution in [3.05, 3.63) is 52.0 Å². The van der Waals surface area contributed by atoms with E-state index in [0.717, 1.165) is 10.6 Å². The van der Waals surface area contributed by atoms with Gasteiger partial charge in [0.05, 0.1) is 11.0 Å². The number of hydrogen-bond donors (Lipinski definition) is 2. The minimum absolute atomic E-state index is 0.0339. The number of carbonyl (C=O) groups excluding carboxylic acids is 1. The SMILES string of the molecule is C[C@@H](NC(=O)c1csc(CCN)n1)c1ccccc1. The van der Waals surface area contributed by atoms with Gasteiger partial charge in [-0.2, -0.15) is 0 Å². The van der Waals surface area contributed by atoms with Crippen molar-refractivity contribution >= 4 is 17.2 Å². The Morgan fingerprint density at radius 3 is 2.84 bits per heavy atom. The lowest BCUT2D eigenvalue weighted by molar-refractivity contribution is 0.0935. The number of rotatable bonds is 5. The molecule has 1 heterocycles. The summed E-state index contributed by atoms with van der Waals surface area (Å²) >= 11 is 1.47. The second-order valence-corrected chi connectivity index (χ2v) is 5.21. The first-order valence-corrected chi connectivity index (χ1v) is 7.09. The molecule has 19 heavy (non-hydrogen) atoms. The van der Waals surface area contributed by atoms with Crippen LogP contribution in [0.2, 0.25) is 0 Å². The van der Waals surface area contributed by atoms with Crippen LogP contribution >= 0.6 is 11.3 Å². The number of amides is 1. The Labute approximate surface area is 116 Å². The van der Waals surface area contributed by atoms with E-state index in [1.807, 2.05) is 37.3 Å². The molecule has 1 atom stereocenters. The van der Waals surface area contributed by atoms with Gasteiger partial charge < -0.3 is 11.1 Å². The molecule has 2 aromatic rings. The van der Waals surface area contributed by atoms with Crippen LogP contribution in [0.5, 0.6) is 0 Å². The molecular weight excluding hydrogens is 258 g/mol. The van der Waals surface area contributed by atoms with Gasteiger partial charge >= 0.3 is 0 Å². The fourth-order valence-electron chi connectivity index (χ4n) is 1.75. The molecule has 100 valence electrons. The zero-order valence-electron chi connectivity index (χ0n) is 10.8. The molecule has 1 aromatic carbocycles. The van der Waals surface area contributed by atoms with E-state index in [9.17, 15) is 4.79 Å². The summed E-state index contributed by atoms with van der Waals surface area (Å²) < 4.78 is 0. The Kier molecular flexibility index (Phi) is 4.65. The van der Waals surface area contributed by atoms with Crippen LogP contribution in [0.4, 0.5) is 0 Å². The van der Waals surface area contributed by atoms with Crippen molar-refractivity contribution in [2.75, 3.05) is 6.54 Å².